The van der Waals surface area contributed by atoms with Crippen molar-refractivity contribution in [3.8, 4) is 16.8 Å². The van der Waals surface area contributed by atoms with Gasteiger partial charge in [0.1, 0.15) is 23.2 Å². The lowest BCUT2D eigenvalue weighted by molar-refractivity contribution is 0.668. The van der Waals surface area contributed by atoms with Crippen LogP contribution in [0.2, 0.25) is 0 Å². The normalized spacial score (nSPS) is 15.6. The third-order valence-corrected chi connectivity index (χ3v) is 15.4. The number of allylic oxidation sites excluding steroid dienone is 3. The molecule has 0 bridgehead atoms. The molecule has 14 rings (SSSR count). The molecule has 12 aromatic rings. The Balaban J connectivity index is 0.971. The number of benzene rings is 8. The van der Waals surface area contributed by atoms with Gasteiger partial charge in [-0.1, -0.05) is 109 Å². The summed E-state index contributed by atoms with van der Waals surface area (Å²) in [6.07, 6.45) is 8.24. The lowest BCUT2D eigenvalue weighted by Gasteiger charge is -2.26. The number of rotatable bonds is 5. The summed E-state index contributed by atoms with van der Waals surface area (Å²) in [5.74, 6) is 1.49. The van der Waals surface area contributed by atoms with E-state index in [9.17, 15) is 0 Å². The minimum Gasteiger partial charge on any atom is -0.456 e. The minimum atomic E-state index is -0.265. The van der Waals surface area contributed by atoms with E-state index in [-0.39, 0.29) is 6.17 Å². The second-order valence-electron chi connectivity index (χ2n) is 16.8. The molecule has 1 aliphatic heterocycles. The van der Waals surface area contributed by atoms with E-state index in [2.05, 4.69) is 180 Å². The molecule has 1 atom stereocenters. The van der Waals surface area contributed by atoms with Crippen LogP contribution in [0.15, 0.2) is 202 Å². The first kappa shape index (κ1) is 36.0. The van der Waals surface area contributed by atoms with Gasteiger partial charge in [-0.15, -0.1) is 22.7 Å². The monoisotopic (exact) mass is 856 g/mol. The largest absolute Gasteiger partial charge is 0.456 e. The number of aliphatic imine (C=N–C) groups is 2. The van der Waals surface area contributed by atoms with Gasteiger partial charge >= 0.3 is 0 Å². The maximum absolute atomic E-state index is 6.36. The topological polar surface area (TPSA) is 54.8 Å². The fraction of sp³-hybridized carbons (Fsp3) is 0.0526. The number of hydrogen-bond donors (Lipinski definition) is 1. The van der Waals surface area contributed by atoms with Gasteiger partial charge in [0.2, 0.25) is 0 Å². The smallest absolute Gasteiger partial charge is 0.159 e. The summed E-state index contributed by atoms with van der Waals surface area (Å²) >= 11 is 3.70. The van der Waals surface area contributed by atoms with Crippen molar-refractivity contribution >= 4 is 118 Å². The van der Waals surface area contributed by atoms with Crippen LogP contribution in [0, 0.1) is 0 Å². The van der Waals surface area contributed by atoms with Crippen LogP contribution in [0.25, 0.3) is 101 Å². The molecule has 5 heterocycles. The fourth-order valence-electron chi connectivity index (χ4n) is 10.1. The van der Waals surface area contributed by atoms with Crippen LogP contribution in [-0.2, 0) is 0 Å². The van der Waals surface area contributed by atoms with Crippen LogP contribution in [0.3, 0.4) is 0 Å². The van der Waals surface area contributed by atoms with E-state index in [1.165, 1.54) is 73.3 Å². The number of aromatic nitrogens is 1. The van der Waals surface area contributed by atoms with Crippen LogP contribution < -0.4 is 5.32 Å². The number of amidine groups is 2. The second-order valence-corrected chi connectivity index (χ2v) is 19.0. The first-order valence-electron chi connectivity index (χ1n) is 21.8. The molecular weight excluding hydrogens is 821 g/mol. The molecule has 0 fully saturated rings. The summed E-state index contributed by atoms with van der Waals surface area (Å²) in [6.45, 7) is 0. The Hall–Kier alpha value is -7.58. The second kappa shape index (κ2) is 14.0. The molecule has 0 spiro atoms. The predicted molar refractivity (Wildman–Crippen MR) is 272 cm³/mol. The van der Waals surface area contributed by atoms with Gasteiger partial charge in [0.15, 0.2) is 5.84 Å². The van der Waals surface area contributed by atoms with E-state index in [0.29, 0.717) is 5.84 Å². The van der Waals surface area contributed by atoms with E-state index in [0.717, 1.165) is 62.9 Å². The van der Waals surface area contributed by atoms with E-state index < -0.39 is 0 Å². The standard InChI is InChI=1S/C57H36N4OS2/c1-2-12-33(13-3-1)55-58-56(36-22-25-40-39-15-5-9-19-48(39)62-49(40)31-36)60-57(59-55)37-30-47(54-42-17-7-11-21-51(42)64-53(54)32-37)61-45-18-8-4-14-38(45)43-28-34(23-26-46(43)61)35-24-27-52-44(29-35)41-16-6-10-20-50(41)63-52/h1-2,4-12,14-32,55H,3,13H2,(H,58,59,60). The molecule has 0 saturated heterocycles. The Kier molecular flexibility index (Phi) is 7.84. The molecule has 1 N–H and O–H groups in total. The van der Waals surface area contributed by atoms with Gasteiger partial charge in [-0.05, 0) is 102 Å². The zero-order chi connectivity index (χ0) is 41.9. The van der Waals surface area contributed by atoms with Crippen molar-refractivity contribution in [3.63, 3.8) is 0 Å². The Labute approximate surface area is 375 Å². The molecule has 5 nitrogen and oxygen atoms in total. The molecule has 0 saturated carbocycles. The molecule has 1 unspecified atom stereocenters. The van der Waals surface area contributed by atoms with E-state index in [1.54, 1.807) is 0 Å². The molecule has 0 radical (unpaired) electrons. The van der Waals surface area contributed by atoms with Crippen molar-refractivity contribution < 1.29 is 4.42 Å². The zero-order valence-electron chi connectivity index (χ0n) is 34.4. The van der Waals surface area contributed by atoms with Crippen LogP contribution in [-0.4, -0.2) is 22.4 Å². The number of para-hydroxylation sites is 2. The third kappa shape index (κ3) is 5.54. The van der Waals surface area contributed by atoms with Crippen LogP contribution >= 0.6 is 22.7 Å². The van der Waals surface area contributed by atoms with Crippen LogP contribution in [0.5, 0.6) is 0 Å². The van der Waals surface area contributed by atoms with Gasteiger partial charge < -0.3 is 14.3 Å². The molecule has 1 aliphatic carbocycles. The third-order valence-electron chi connectivity index (χ3n) is 13.1. The SMILES string of the molecule is C1=CCCC(C2N=C(c3ccc4c(c3)oc3ccccc34)N=C(c3cc(-n4c5ccccc5c5cc(-c6ccc7sc8ccccc8c7c6)ccc54)c4c(c3)sc3ccccc34)N2)=C1. The maximum atomic E-state index is 6.36. The lowest BCUT2D eigenvalue weighted by atomic mass is 10.0. The summed E-state index contributed by atoms with van der Waals surface area (Å²) < 4.78 is 13.9. The van der Waals surface area contributed by atoms with E-state index in [4.69, 9.17) is 14.4 Å². The van der Waals surface area contributed by atoms with Crippen molar-refractivity contribution in [2.24, 2.45) is 9.98 Å². The van der Waals surface area contributed by atoms with Crippen LogP contribution in [0.4, 0.5) is 0 Å². The quantitative estimate of drug-likeness (QED) is 0.187. The first-order chi connectivity index (χ1) is 31.7. The van der Waals surface area contributed by atoms with Crippen molar-refractivity contribution in [1.29, 1.82) is 0 Å². The van der Waals surface area contributed by atoms with Gasteiger partial charge in [0, 0.05) is 73.0 Å². The van der Waals surface area contributed by atoms with Crippen LogP contribution in [0.1, 0.15) is 24.0 Å². The Morgan fingerprint density at radius 1 is 0.531 bits per heavy atom. The molecule has 64 heavy (non-hydrogen) atoms. The molecule has 302 valence electrons. The maximum Gasteiger partial charge on any atom is 0.159 e. The highest BCUT2D eigenvalue weighted by molar-refractivity contribution is 7.26. The van der Waals surface area contributed by atoms with Crippen molar-refractivity contribution in [2.75, 3.05) is 0 Å². The highest BCUT2D eigenvalue weighted by atomic mass is 32.1. The minimum absolute atomic E-state index is 0.265. The fourth-order valence-corrected chi connectivity index (χ4v) is 12.3. The molecule has 2 aliphatic rings. The van der Waals surface area contributed by atoms with Gasteiger partial charge in [0.05, 0.1) is 16.7 Å². The van der Waals surface area contributed by atoms with Crippen molar-refractivity contribution in [3.05, 3.63) is 199 Å². The number of nitrogens with one attached hydrogen (secondary N) is 1. The van der Waals surface area contributed by atoms with Gasteiger partial charge in [-0.25, -0.2) is 9.98 Å². The van der Waals surface area contributed by atoms with Crippen molar-refractivity contribution in [2.45, 2.75) is 19.0 Å². The summed E-state index contributed by atoms with van der Waals surface area (Å²) in [7, 11) is 0. The number of fused-ring (bicyclic) bond motifs is 12. The average Bonchev–Trinajstić information content (AvgIpc) is 4.12. The lowest BCUT2D eigenvalue weighted by Crippen LogP contribution is -2.40. The first-order valence-corrected chi connectivity index (χ1v) is 23.4. The van der Waals surface area contributed by atoms with E-state index >= 15 is 0 Å². The molecule has 8 aromatic carbocycles. The highest BCUT2D eigenvalue weighted by Gasteiger charge is 2.26. The molecule has 4 aromatic heterocycles. The number of nitrogens with zero attached hydrogens (tertiary/aromatic N) is 3. The summed E-state index contributed by atoms with van der Waals surface area (Å²) in [5, 5.41) is 13.6. The van der Waals surface area contributed by atoms with Crippen molar-refractivity contribution in [1.82, 2.24) is 9.88 Å². The predicted octanol–water partition coefficient (Wildman–Crippen LogP) is 15.5. The zero-order valence-corrected chi connectivity index (χ0v) is 36.0. The number of thiophene rings is 2. The molecular formula is C57H36N4OS2. The summed E-state index contributed by atoms with van der Waals surface area (Å²) in [4.78, 5) is 10.7. The van der Waals surface area contributed by atoms with Gasteiger partial charge in [-0.2, -0.15) is 0 Å². The Morgan fingerprint density at radius 2 is 1.22 bits per heavy atom. The van der Waals surface area contributed by atoms with Gasteiger partial charge in [-0.3, -0.25) is 0 Å². The number of hydrogen-bond acceptors (Lipinski definition) is 6. The highest BCUT2D eigenvalue weighted by Crippen LogP contribution is 2.44. The molecule has 7 heteroatoms. The Bertz CT molecular complexity index is 4080. The molecule has 0 amide bonds. The van der Waals surface area contributed by atoms with Gasteiger partial charge in [0.25, 0.3) is 0 Å². The number of furan rings is 1. The average molecular weight is 857 g/mol. The van der Waals surface area contributed by atoms with E-state index in [1.807, 2.05) is 34.8 Å². The summed E-state index contributed by atoms with van der Waals surface area (Å²) in [6, 6.07) is 59.6. The Morgan fingerprint density at radius 3 is 2.09 bits per heavy atom. The summed E-state index contributed by atoms with van der Waals surface area (Å²) in [5.41, 5.74) is 10.8.